The molecule has 0 aliphatic rings. The molecule has 1 amide bonds. The molecule has 0 radical (unpaired) electrons. The molecule has 1 N–H and O–H groups in total. The lowest BCUT2D eigenvalue weighted by Crippen LogP contribution is -2.14. The van der Waals surface area contributed by atoms with Crippen LogP contribution in [0.2, 0.25) is 0 Å². The molecule has 0 bridgehead atoms. The van der Waals surface area contributed by atoms with Gasteiger partial charge in [-0.1, -0.05) is 17.8 Å². The van der Waals surface area contributed by atoms with E-state index >= 15 is 0 Å². The van der Waals surface area contributed by atoms with Gasteiger partial charge in [-0.2, -0.15) is 0 Å². The van der Waals surface area contributed by atoms with Crippen LogP contribution in [0.4, 0.5) is 14.5 Å². The Balaban J connectivity index is 1.64. The highest BCUT2D eigenvalue weighted by Gasteiger charge is 2.10. The van der Waals surface area contributed by atoms with Crippen molar-refractivity contribution in [3.8, 4) is 5.69 Å². The van der Waals surface area contributed by atoms with Crippen molar-refractivity contribution in [2.24, 2.45) is 0 Å². The number of halogens is 2. The molecule has 3 aromatic rings. The lowest BCUT2D eigenvalue weighted by atomic mass is 10.3. The number of nitrogens with one attached hydrogen (secondary N) is 1. The van der Waals surface area contributed by atoms with Crippen LogP contribution in [0.5, 0.6) is 0 Å². The van der Waals surface area contributed by atoms with Crippen molar-refractivity contribution in [2.75, 3.05) is 11.1 Å². The summed E-state index contributed by atoms with van der Waals surface area (Å²) in [5, 5.41) is 3.26. The van der Waals surface area contributed by atoms with Crippen LogP contribution in [0.3, 0.4) is 0 Å². The Morgan fingerprint density at radius 3 is 2.67 bits per heavy atom. The number of carbonyl (C=O) groups excluding carboxylic acids is 1. The molecule has 4 nitrogen and oxygen atoms in total. The number of aromatic nitrogens is 2. The zero-order valence-corrected chi connectivity index (χ0v) is 13.3. The standard InChI is InChI=1S/C17H13F2N3OS/c18-12-4-6-14(7-5-12)21-16(23)11-24-17-20-8-9-22(17)15-3-1-2-13(19)10-15/h1-10H,11H2,(H,21,23). The molecule has 3 rings (SSSR count). The number of thioether (sulfide) groups is 1. The van der Waals surface area contributed by atoms with E-state index in [0.717, 1.165) is 0 Å². The molecule has 24 heavy (non-hydrogen) atoms. The monoisotopic (exact) mass is 345 g/mol. The second kappa shape index (κ2) is 7.27. The summed E-state index contributed by atoms with van der Waals surface area (Å²) in [7, 11) is 0. The lowest BCUT2D eigenvalue weighted by molar-refractivity contribution is -0.113. The molecule has 0 saturated carbocycles. The smallest absolute Gasteiger partial charge is 0.234 e. The first-order chi connectivity index (χ1) is 11.6. The Hall–Kier alpha value is -2.67. The Kier molecular flexibility index (Phi) is 4.90. The number of carbonyl (C=O) groups is 1. The van der Waals surface area contributed by atoms with E-state index in [2.05, 4.69) is 10.3 Å². The maximum Gasteiger partial charge on any atom is 0.234 e. The second-order valence-corrected chi connectivity index (χ2v) is 5.85. The van der Waals surface area contributed by atoms with Crippen LogP contribution < -0.4 is 5.32 Å². The van der Waals surface area contributed by atoms with Gasteiger partial charge in [-0.25, -0.2) is 13.8 Å². The summed E-state index contributed by atoms with van der Waals surface area (Å²) in [6.45, 7) is 0. The number of hydrogen-bond donors (Lipinski definition) is 1. The number of anilines is 1. The van der Waals surface area contributed by atoms with Crippen LogP contribution in [-0.4, -0.2) is 21.2 Å². The zero-order valence-electron chi connectivity index (χ0n) is 12.4. The van der Waals surface area contributed by atoms with Gasteiger partial charge in [-0.05, 0) is 42.5 Å². The summed E-state index contributed by atoms with van der Waals surface area (Å²) >= 11 is 1.23. The molecule has 0 unspecified atom stereocenters. The normalized spacial score (nSPS) is 10.6. The van der Waals surface area contributed by atoms with E-state index in [1.165, 1.54) is 48.2 Å². The SMILES string of the molecule is O=C(CSc1nccn1-c1cccc(F)c1)Nc1ccc(F)cc1. The van der Waals surface area contributed by atoms with Crippen molar-refractivity contribution in [3.63, 3.8) is 0 Å². The van der Waals surface area contributed by atoms with Crippen LogP contribution in [-0.2, 0) is 4.79 Å². The topological polar surface area (TPSA) is 46.9 Å². The quantitative estimate of drug-likeness (QED) is 0.714. The maximum atomic E-state index is 13.3. The minimum Gasteiger partial charge on any atom is -0.325 e. The van der Waals surface area contributed by atoms with E-state index in [0.29, 0.717) is 16.5 Å². The summed E-state index contributed by atoms with van der Waals surface area (Å²) in [6, 6.07) is 11.7. The molecular weight excluding hydrogens is 332 g/mol. The highest BCUT2D eigenvalue weighted by molar-refractivity contribution is 7.99. The average molecular weight is 345 g/mol. The van der Waals surface area contributed by atoms with Crippen molar-refractivity contribution < 1.29 is 13.6 Å². The molecule has 0 aliphatic heterocycles. The minimum atomic E-state index is -0.362. The van der Waals surface area contributed by atoms with Crippen LogP contribution >= 0.6 is 11.8 Å². The van der Waals surface area contributed by atoms with E-state index in [9.17, 15) is 13.6 Å². The van der Waals surface area contributed by atoms with Gasteiger partial charge in [0.15, 0.2) is 5.16 Å². The van der Waals surface area contributed by atoms with Gasteiger partial charge in [-0.3, -0.25) is 9.36 Å². The van der Waals surface area contributed by atoms with E-state index < -0.39 is 0 Å². The molecule has 0 spiro atoms. The van der Waals surface area contributed by atoms with Gasteiger partial charge in [0, 0.05) is 18.1 Å². The number of nitrogens with zero attached hydrogens (tertiary/aromatic N) is 2. The number of hydrogen-bond acceptors (Lipinski definition) is 3. The van der Waals surface area contributed by atoms with Crippen molar-refractivity contribution in [1.29, 1.82) is 0 Å². The molecule has 2 aromatic carbocycles. The summed E-state index contributed by atoms with van der Waals surface area (Å²) in [4.78, 5) is 16.2. The fourth-order valence-electron chi connectivity index (χ4n) is 2.08. The predicted octanol–water partition coefficient (Wildman–Crippen LogP) is 3.88. The Morgan fingerprint density at radius 1 is 1.12 bits per heavy atom. The van der Waals surface area contributed by atoms with Crippen molar-refractivity contribution in [2.45, 2.75) is 5.16 Å². The average Bonchev–Trinajstić information content (AvgIpc) is 3.04. The molecular formula is C17H13F2N3OS. The summed E-state index contributed by atoms with van der Waals surface area (Å²) < 4.78 is 27.9. The van der Waals surface area contributed by atoms with Crippen LogP contribution in [0.25, 0.3) is 5.69 Å². The van der Waals surface area contributed by atoms with Gasteiger partial charge in [0.2, 0.25) is 5.91 Å². The van der Waals surface area contributed by atoms with Crippen LogP contribution in [0.1, 0.15) is 0 Å². The Labute approximate surface area is 141 Å². The number of amides is 1. The second-order valence-electron chi connectivity index (χ2n) is 4.90. The van der Waals surface area contributed by atoms with Gasteiger partial charge in [-0.15, -0.1) is 0 Å². The van der Waals surface area contributed by atoms with E-state index in [1.54, 1.807) is 29.1 Å². The third kappa shape index (κ3) is 3.99. The van der Waals surface area contributed by atoms with Gasteiger partial charge in [0.05, 0.1) is 11.4 Å². The first-order valence-corrected chi connectivity index (χ1v) is 8.08. The predicted molar refractivity (Wildman–Crippen MR) is 89.3 cm³/mol. The Morgan fingerprint density at radius 2 is 1.92 bits per heavy atom. The molecule has 0 aliphatic carbocycles. The van der Waals surface area contributed by atoms with Gasteiger partial charge in [0.1, 0.15) is 11.6 Å². The fraction of sp³-hybridized carbons (Fsp3) is 0.0588. The minimum absolute atomic E-state index is 0.129. The number of benzene rings is 2. The Bertz CT molecular complexity index is 849. The summed E-state index contributed by atoms with van der Waals surface area (Å²) in [5.41, 5.74) is 1.16. The first kappa shape index (κ1) is 16.2. The zero-order chi connectivity index (χ0) is 16.9. The molecule has 122 valence electrons. The molecule has 1 aromatic heterocycles. The van der Waals surface area contributed by atoms with Gasteiger partial charge in [0.25, 0.3) is 0 Å². The van der Waals surface area contributed by atoms with Crippen LogP contribution in [0, 0.1) is 11.6 Å². The van der Waals surface area contributed by atoms with Crippen LogP contribution in [0.15, 0.2) is 66.1 Å². The van der Waals surface area contributed by atoms with E-state index in [1.807, 2.05) is 0 Å². The van der Waals surface area contributed by atoms with Gasteiger partial charge >= 0.3 is 0 Å². The van der Waals surface area contributed by atoms with Crippen molar-refractivity contribution >= 4 is 23.4 Å². The first-order valence-electron chi connectivity index (χ1n) is 7.09. The molecule has 0 saturated heterocycles. The summed E-state index contributed by atoms with van der Waals surface area (Å²) in [6.07, 6.45) is 3.29. The third-order valence-corrected chi connectivity index (χ3v) is 4.12. The number of rotatable bonds is 5. The number of imidazole rings is 1. The molecule has 7 heteroatoms. The van der Waals surface area contributed by atoms with E-state index in [-0.39, 0.29) is 23.3 Å². The molecule has 0 atom stereocenters. The highest BCUT2D eigenvalue weighted by Crippen LogP contribution is 2.21. The largest absolute Gasteiger partial charge is 0.325 e. The summed E-state index contributed by atoms with van der Waals surface area (Å²) in [5.74, 6) is -0.810. The van der Waals surface area contributed by atoms with E-state index in [4.69, 9.17) is 0 Å². The molecule has 1 heterocycles. The molecule has 0 fully saturated rings. The highest BCUT2D eigenvalue weighted by atomic mass is 32.2. The maximum absolute atomic E-state index is 13.3. The van der Waals surface area contributed by atoms with Crippen molar-refractivity contribution in [3.05, 3.63) is 72.6 Å². The van der Waals surface area contributed by atoms with Gasteiger partial charge < -0.3 is 5.32 Å². The fourth-order valence-corrected chi connectivity index (χ4v) is 2.85. The van der Waals surface area contributed by atoms with Crippen molar-refractivity contribution in [1.82, 2.24) is 9.55 Å². The third-order valence-electron chi connectivity index (χ3n) is 3.15. The lowest BCUT2D eigenvalue weighted by Gasteiger charge is -2.08.